The van der Waals surface area contributed by atoms with Crippen molar-refractivity contribution in [3.05, 3.63) is 17.7 Å². The maximum absolute atomic E-state index is 6.05. The maximum atomic E-state index is 6.05. The van der Waals surface area contributed by atoms with Gasteiger partial charge in [-0.1, -0.05) is 41.5 Å². The molecule has 0 heterocycles. The Morgan fingerprint density at radius 1 is 0.850 bits per heavy atom. The lowest BCUT2D eigenvalue weighted by molar-refractivity contribution is 0.192. The van der Waals surface area contributed by atoms with Crippen LogP contribution >= 0.6 is 0 Å². The molecular weight excluding hydrogens is 252 g/mol. The van der Waals surface area contributed by atoms with Crippen molar-refractivity contribution < 1.29 is 14.2 Å². The number of benzene rings is 1. The van der Waals surface area contributed by atoms with E-state index in [9.17, 15) is 0 Å². The highest BCUT2D eigenvalue weighted by atomic mass is 16.5. The Morgan fingerprint density at radius 2 is 1.40 bits per heavy atom. The molecule has 0 aliphatic heterocycles. The predicted molar refractivity (Wildman–Crippen MR) is 83.2 cm³/mol. The zero-order valence-corrected chi connectivity index (χ0v) is 14.1. The van der Waals surface area contributed by atoms with Crippen LogP contribution in [0.3, 0.4) is 0 Å². The van der Waals surface area contributed by atoms with Gasteiger partial charge in [0.25, 0.3) is 0 Å². The summed E-state index contributed by atoms with van der Waals surface area (Å²) in [7, 11) is 3.33. The Morgan fingerprint density at radius 3 is 1.80 bits per heavy atom. The van der Waals surface area contributed by atoms with Crippen molar-refractivity contribution in [3.63, 3.8) is 0 Å². The Labute approximate surface area is 123 Å². The van der Waals surface area contributed by atoms with Crippen molar-refractivity contribution in [3.8, 4) is 17.2 Å². The largest absolute Gasteiger partial charge is 0.496 e. The lowest BCUT2D eigenvalue weighted by Crippen LogP contribution is -2.20. The second-order valence-corrected chi connectivity index (χ2v) is 7.30. The van der Waals surface area contributed by atoms with E-state index >= 15 is 0 Å². The molecule has 0 amide bonds. The van der Waals surface area contributed by atoms with Crippen LogP contribution in [-0.4, -0.2) is 20.8 Å². The van der Waals surface area contributed by atoms with E-state index in [1.165, 1.54) is 0 Å². The van der Waals surface area contributed by atoms with Crippen molar-refractivity contribution >= 4 is 0 Å². The number of hydrogen-bond acceptors (Lipinski definition) is 3. The van der Waals surface area contributed by atoms with Crippen LogP contribution in [0.25, 0.3) is 0 Å². The van der Waals surface area contributed by atoms with Crippen LogP contribution in [0.5, 0.6) is 17.2 Å². The van der Waals surface area contributed by atoms with E-state index in [1.807, 2.05) is 12.1 Å². The van der Waals surface area contributed by atoms with Gasteiger partial charge in [-0.3, -0.25) is 0 Å². The molecule has 0 saturated carbocycles. The maximum Gasteiger partial charge on any atom is 0.130 e. The molecule has 0 bridgehead atoms. The fraction of sp³-hybridized carbons (Fsp3) is 0.647. The monoisotopic (exact) mass is 280 g/mol. The molecule has 114 valence electrons. The summed E-state index contributed by atoms with van der Waals surface area (Å²) in [6.45, 7) is 13.6. The second kappa shape index (κ2) is 5.94. The molecule has 0 radical (unpaired) electrons. The minimum absolute atomic E-state index is 0.0647. The number of methoxy groups -OCH3 is 2. The molecule has 1 aromatic rings. The van der Waals surface area contributed by atoms with Gasteiger partial charge < -0.3 is 14.2 Å². The molecule has 0 atom stereocenters. The van der Waals surface area contributed by atoms with Crippen LogP contribution < -0.4 is 14.2 Å². The Hall–Kier alpha value is -1.38. The van der Waals surface area contributed by atoms with E-state index in [-0.39, 0.29) is 10.8 Å². The van der Waals surface area contributed by atoms with Crippen LogP contribution in [-0.2, 0) is 5.41 Å². The van der Waals surface area contributed by atoms with Crippen LogP contribution in [0, 0.1) is 5.41 Å². The smallest absolute Gasteiger partial charge is 0.130 e. The van der Waals surface area contributed by atoms with Gasteiger partial charge in [0.05, 0.1) is 20.8 Å². The molecule has 1 rings (SSSR count). The molecule has 0 N–H and O–H groups in total. The first-order valence-corrected chi connectivity index (χ1v) is 6.98. The first kappa shape index (κ1) is 16.7. The van der Waals surface area contributed by atoms with Gasteiger partial charge in [0.1, 0.15) is 17.2 Å². The quantitative estimate of drug-likeness (QED) is 0.816. The number of ether oxygens (including phenoxy) is 3. The highest BCUT2D eigenvalue weighted by Crippen LogP contribution is 2.42. The Balaban J connectivity index is 3.30. The first-order chi connectivity index (χ1) is 9.08. The minimum Gasteiger partial charge on any atom is -0.496 e. The van der Waals surface area contributed by atoms with Gasteiger partial charge in [-0.15, -0.1) is 0 Å². The molecule has 3 nitrogen and oxygen atoms in total. The lowest BCUT2D eigenvalue weighted by Gasteiger charge is -2.28. The fourth-order valence-electron chi connectivity index (χ4n) is 1.99. The van der Waals surface area contributed by atoms with Gasteiger partial charge in [0.2, 0.25) is 0 Å². The lowest BCUT2D eigenvalue weighted by atomic mass is 9.85. The average molecular weight is 280 g/mol. The van der Waals surface area contributed by atoms with E-state index in [2.05, 4.69) is 41.5 Å². The molecule has 0 fully saturated rings. The van der Waals surface area contributed by atoms with Crippen LogP contribution in [0.1, 0.15) is 47.1 Å². The fourth-order valence-corrected chi connectivity index (χ4v) is 1.99. The van der Waals surface area contributed by atoms with Crippen molar-refractivity contribution in [1.29, 1.82) is 0 Å². The van der Waals surface area contributed by atoms with Gasteiger partial charge in [0, 0.05) is 17.7 Å². The van der Waals surface area contributed by atoms with Crippen LogP contribution in [0.4, 0.5) is 0 Å². The van der Waals surface area contributed by atoms with Gasteiger partial charge >= 0.3 is 0 Å². The second-order valence-electron chi connectivity index (χ2n) is 7.30. The third-order valence-corrected chi connectivity index (χ3v) is 2.91. The third kappa shape index (κ3) is 4.32. The normalized spacial score (nSPS) is 12.2. The zero-order chi connectivity index (χ0) is 15.6. The van der Waals surface area contributed by atoms with Crippen molar-refractivity contribution in [2.45, 2.75) is 47.0 Å². The summed E-state index contributed by atoms with van der Waals surface area (Å²) in [5.74, 6) is 2.39. The summed E-state index contributed by atoms with van der Waals surface area (Å²) < 4.78 is 16.9. The topological polar surface area (TPSA) is 27.7 Å². The first-order valence-electron chi connectivity index (χ1n) is 6.98. The molecular formula is C17H28O3. The van der Waals surface area contributed by atoms with Gasteiger partial charge in [-0.25, -0.2) is 0 Å². The summed E-state index contributed by atoms with van der Waals surface area (Å²) in [4.78, 5) is 0. The number of rotatable bonds is 4. The van der Waals surface area contributed by atoms with E-state index in [0.717, 1.165) is 22.8 Å². The van der Waals surface area contributed by atoms with Crippen LogP contribution in [0.2, 0.25) is 0 Å². The highest BCUT2D eigenvalue weighted by molar-refractivity contribution is 5.53. The van der Waals surface area contributed by atoms with E-state index < -0.39 is 0 Å². The molecule has 0 aromatic heterocycles. The summed E-state index contributed by atoms with van der Waals surface area (Å²) in [5, 5.41) is 0. The summed E-state index contributed by atoms with van der Waals surface area (Å²) in [6.07, 6.45) is 0. The molecule has 0 aliphatic rings. The Kier molecular flexibility index (Phi) is 4.95. The van der Waals surface area contributed by atoms with Crippen molar-refractivity contribution in [2.24, 2.45) is 5.41 Å². The van der Waals surface area contributed by atoms with Crippen molar-refractivity contribution in [1.82, 2.24) is 0 Å². The van der Waals surface area contributed by atoms with Gasteiger partial charge in [0.15, 0.2) is 0 Å². The van der Waals surface area contributed by atoms with E-state index in [1.54, 1.807) is 14.2 Å². The SMILES string of the molecule is COc1cc(OC)c(C(C)(C)C)c(OCC(C)(C)C)c1. The summed E-state index contributed by atoms with van der Waals surface area (Å²) in [5.41, 5.74) is 1.11. The van der Waals surface area contributed by atoms with Gasteiger partial charge in [-0.05, 0) is 10.8 Å². The van der Waals surface area contributed by atoms with Crippen LogP contribution in [0.15, 0.2) is 12.1 Å². The van der Waals surface area contributed by atoms with E-state index in [0.29, 0.717) is 6.61 Å². The predicted octanol–water partition coefficient (Wildman–Crippen LogP) is 4.43. The van der Waals surface area contributed by atoms with E-state index in [4.69, 9.17) is 14.2 Å². The number of hydrogen-bond donors (Lipinski definition) is 0. The molecule has 0 unspecified atom stereocenters. The molecule has 0 spiro atoms. The average Bonchev–Trinajstić information content (AvgIpc) is 2.32. The Bertz CT molecular complexity index is 451. The van der Waals surface area contributed by atoms with Crippen molar-refractivity contribution in [2.75, 3.05) is 20.8 Å². The zero-order valence-electron chi connectivity index (χ0n) is 14.1. The standard InChI is InChI=1S/C17H28O3/c1-16(2,3)11-20-14-10-12(18-7)9-13(19-8)15(14)17(4,5)6/h9-10H,11H2,1-8H3. The van der Waals surface area contributed by atoms with Gasteiger partial charge in [-0.2, -0.15) is 0 Å². The highest BCUT2D eigenvalue weighted by Gasteiger charge is 2.26. The molecule has 0 aliphatic carbocycles. The molecule has 1 aromatic carbocycles. The minimum atomic E-state index is -0.0647. The molecule has 3 heteroatoms. The molecule has 0 saturated heterocycles. The third-order valence-electron chi connectivity index (χ3n) is 2.91. The summed E-state index contributed by atoms with van der Waals surface area (Å²) in [6, 6.07) is 3.85. The summed E-state index contributed by atoms with van der Waals surface area (Å²) >= 11 is 0. The molecule has 20 heavy (non-hydrogen) atoms.